The van der Waals surface area contributed by atoms with E-state index in [1.807, 2.05) is 29.7 Å². The number of nitriles is 1. The average Bonchev–Trinajstić information content (AvgIpc) is 3.59. The normalized spacial score (nSPS) is 20.5. The number of aromatic nitrogens is 1. The number of nitrogens with zero attached hydrogens (tertiary/aromatic N) is 2. The molecule has 1 aromatic heterocycles. The number of methoxy groups -OCH3 is 1. The Hall–Kier alpha value is -2.84. The van der Waals surface area contributed by atoms with Crippen molar-refractivity contribution in [2.24, 2.45) is 5.92 Å². The van der Waals surface area contributed by atoms with Gasteiger partial charge in [-0.15, -0.1) is 11.3 Å². The van der Waals surface area contributed by atoms with Gasteiger partial charge in [0, 0.05) is 24.3 Å². The van der Waals surface area contributed by atoms with Crippen molar-refractivity contribution in [2.75, 3.05) is 19.0 Å². The van der Waals surface area contributed by atoms with Crippen LogP contribution in [0, 0.1) is 17.2 Å². The van der Waals surface area contributed by atoms with Crippen LogP contribution in [-0.4, -0.2) is 18.6 Å². The molecular weight excluding hydrogens is 414 g/mol. The lowest BCUT2D eigenvalue weighted by Gasteiger charge is -2.29. The molecule has 0 aliphatic heterocycles. The van der Waals surface area contributed by atoms with Crippen LogP contribution in [0.25, 0.3) is 10.4 Å². The predicted molar refractivity (Wildman–Crippen MR) is 130 cm³/mol. The van der Waals surface area contributed by atoms with Crippen LogP contribution < -0.4 is 10.1 Å². The van der Waals surface area contributed by atoms with Crippen molar-refractivity contribution < 1.29 is 4.74 Å². The lowest BCUT2D eigenvalue weighted by atomic mass is 9.78. The maximum absolute atomic E-state index is 9.37. The Morgan fingerprint density at radius 2 is 1.88 bits per heavy atom. The molecule has 2 fully saturated rings. The zero-order valence-electron chi connectivity index (χ0n) is 18.5. The molecule has 5 rings (SSSR count). The summed E-state index contributed by atoms with van der Waals surface area (Å²) in [6.45, 7) is 1.01. The van der Waals surface area contributed by atoms with Crippen LogP contribution in [0.3, 0.4) is 0 Å². The zero-order valence-corrected chi connectivity index (χ0v) is 19.3. The third-order valence-electron chi connectivity index (χ3n) is 6.85. The minimum atomic E-state index is 0.541. The van der Waals surface area contributed by atoms with Crippen LogP contribution in [0.4, 0.5) is 5.69 Å². The SMILES string of the molecule is COc1ccc(C2CCC(CNc3cccc(-c4cnc(C5CC5)s4)c3)CC2)cc1C#N. The van der Waals surface area contributed by atoms with Gasteiger partial charge in [0.1, 0.15) is 11.8 Å². The number of nitrogens with one attached hydrogen (secondary N) is 1. The molecule has 2 aromatic carbocycles. The molecule has 1 N–H and O–H groups in total. The van der Waals surface area contributed by atoms with Gasteiger partial charge in [0.15, 0.2) is 0 Å². The number of anilines is 1. The van der Waals surface area contributed by atoms with Gasteiger partial charge in [0.25, 0.3) is 0 Å². The van der Waals surface area contributed by atoms with Gasteiger partial charge in [0.05, 0.1) is 22.6 Å². The van der Waals surface area contributed by atoms with Crippen LogP contribution in [0.2, 0.25) is 0 Å². The summed E-state index contributed by atoms with van der Waals surface area (Å²) in [5, 5.41) is 14.4. The minimum Gasteiger partial charge on any atom is -0.495 e. The highest BCUT2D eigenvalue weighted by Crippen LogP contribution is 2.43. The second-order valence-electron chi connectivity index (χ2n) is 9.09. The van der Waals surface area contributed by atoms with Gasteiger partial charge < -0.3 is 10.1 Å². The fourth-order valence-corrected chi connectivity index (χ4v) is 5.83. The molecule has 2 aliphatic rings. The molecule has 2 aliphatic carbocycles. The topological polar surface area (TPSA) is 57.9 Å². The van der Waals surface area contributed by atoms with Gasteiger partial charge >= 0.3 is 0 Å². The van der Waals surface area contributed by atoms with Crippen LogP contribution in [0.15, 0.2) is 48.7 Å². The van der Waals surface area contributed by atoms with Crippen molar-refractivity contribution in [1.29, 1.82) is 5.26 Å². The largest absolute Gasteiger partial charge is 0.495 e. The zero-order chi connectivity index (χ0) is 21.9. The summed E-state index contributed by atoms with van der Waals surface area (Å²) < 4.78 is 5.29. The van der Waals surface area contributed by atoms with E-state index in [4.69, 9.17) is 4.74 Å². The Kier molecular flexibility index (Phi) is 6.14. The summed E-state index contributed by atoms with van der Waals surface area (Å²) in [6, 6.07) is 17.1. The van der Waals surface area contributed by atoms with Crippen molar-refractivity contribution in [3.8, 4) is 22.3 Å². The van der Waals surface area contributed by atoms with Crippen LogP contribution in [0.5, 0.6) is 5.75 Å². The predicted octanol–water partition coefficient (Wildman–Crippen LogP) is 6.95. The Labute approximate surface area is 194 Å². The van der Waals surface area contributed by atoms with Crippen molar-refractivity contribution in [3.05, 3.63) is 64.8 Å². The molecule has 164 valence electrons. The van der Waals surface area contributed by atoms with Gasteiger partial charge in [0.2, 0.25) is 0 Å². The van der Waals surface area contributed by atoms with Crippen LogP contribution in [0.1, 0.15) is 66.5 Å². The van der Waals surface area contributed by atoms with Gasteiger partial charge in [-0.2, -0.15) is 5.26 Å². The standard InChI is InChI=1S/C27H29N3OS/c1-31-25-12-11-21(13-23(25)15-28)19-7-5-18(6-8-19)16-29-24-4-2-3-22(14-24)26-17-30-27(32-26)20-9-10-20/h2-4,11-14,17-20,29H,5-10,16H2,1H3. The van der Waals surface area contributed by atoms with Crippen molar-refractivity contribution in [2.45, 2.75) is 50.4 Å². The monoisotopic (exact) mass is 443 g/mol. The smallest absolute Gasteiger partial charge is 0.136 e. The van der Waals surface area contributed by atoms with Crippen LogP contribution in [-0.2, 0) is 0 Å². The van der Waals surface area contributed by atoms with E-state index >= 15 is 0 Å². The van der Waals surface area contributed by atoms with E-state index < -0.39 is 0 Å². The number of ether oxygens (including phenoxy) is 1. The number of rotatable bonds is 7. The molecule has 0 atom stereocenters. The third kappa shape index (κ3) is 4.66. The van der Waals surface area contributed by atoms with E-state index in [0.717, 1.165) is 12.5 Å². The van der Waals surface area contributed by atoms with Gasteiger partial charge in [-0.1, -0.05) is 18.2 Å². The molecule has 0 amide bonds. The van der Waals surface area contributed by atoms with Gasteiger partial charge in [-0.3, -0.25) is 0 Å². The molecule has 32 heavy (non-hydrogen) atoms. The summed E-state index contributed by atoms with van der Waals surface area (Å²) in [7, 11) is 1.62. The first-order valence-electron chi connectivity index (χ1n) is 11.6. The minimum absolute atomic E-state index is 0.541. The molecule has 0 saturated heterocycles. The summed E-state index contributed by atoms with van der Waals surface area (Å²) in [5.74, 6) is 2.61. The van der Waals surface area contributed by atoms with Gasteiger partial charge in [-0.25, -0.2) is 4.98 Å². The first-order valence-corrected chi connectivity index (χ1v) is 12.4. The lowest BCUT2D eigenvalue weighted by Crippen LogP contribution is -2.20. The highest BCUT2D eigenvalue weighted by molar-refractivity contribution is 7.15. The van der Waals surface area contributed by atoms with Crippen molar-refractivity contribution >= 4 is 17.0 Å². The van der Waals surface area contributed by atoms with E-state index in [-0.39, 0.29) is 0 Å². The summed E-state index contributed by atoms with van der Waals surface area (Å²) >= 11 is 1.85. The average molecular weight is 444 g/mol. The van der Waals surface area contributed by atoms with Gasteiger partial charge in [-0.05, 0) is 85.8 Å². The Balaban J connectivity index is 1.15. The second-order valence-corrected chi connectivity index (χ2v) is 10.2. The molecule has 3 aromatic rings. The van der Waals surface area contributed by atoms with E-state index in [2.05, 4.69) is 46.7 Å². The molecule has 0 unspecified atom stereocenters. The van der Waals surface area contributed by atoms with Crippen molar-refractivity contribution in [1.82, 2.24) is 4.98 Å². The van der Waals surface area contributed by atoms with E-state index in [9.17, 15) is 5.26 Å². The Bertz CT molecular complexity index is 1120. The summed E-state index contributed by atoms with van der Waals surface area (Å²) in [6.07, 6.45) is 9.41. The first kappa shape index (κ1) is 21.0. The number of thiazole rings is 1. The fraction of sp³-hybridized carbons (Fsp3) is 0.407. The number of hydrogen-bond acceptors (Lipinski definition) is 5. The fourth-order valence-electron chi connectivity index (χ4n) is 4.75. The molecule has 0 bridgehead atoms. The summed E-state index contributed by atoms with van der Waals surface area (Å²) in [4.78, 5) is 5.90. The second kappa shape index (κ2) is 9.34. The maximum atomic E-state index is 9.37. The van der Waals surface area contributed by atoms with E-state index in [1.165, 1.54) is 65.2 Å². The molecule has 0 spiro atoms. The highest BCUT2D eigenvalue weighted by Gasteiger charge is 2.27. The molecular formula is C27H29N3OS. The van der Waals surface area contributed by atoms with Crippen molar-refractivity contribution in [3.63, 3.8) is 0 Å². The molecule has 4 nitrogen and oxygen atoms in total. The van der Waals surface area contributed by atoms with E-state index in [0.29, 0.717) is 23.1 Å². The Morgan fingerprint density at radius 3 is 2.62 bits per heavy atom. The molecule has 0 radical (unpaired) electrons. The quantitative estimate of drug-likeness (QED) is 0.429. The lowest BCUT2D eigenvalue weighted by molar-refractivity contribution is 0.338. The van der Waals surface area contributed by atoms with Crippen LogP contribution >= 0.6 is 11.3 Å². The molecule has 5 heteroatoms. The highest BCUT2D eigenvalue weighted by atomic mass is 32.1. The maximum Gasteiger partial charge on any atom is 0.136 e. The third-order valence-corrected chi connectivity index (χ3v) is 8.06. The van der Waals surface area contributed by atoms with E-state index in [1.54, 1.807) is 7.11 Å². The number of benzene rings is 2. The molecule has 2 saturated carbocycles. The Morgan fingerprint density at radius 1 is 1.06 bits per heavy atom. The number of hydrogen-bond donors (Lipinski definition) is 1. The molecule has 1 heterocycles. The first-order chi connectivity index (χ1) is 15.7. The summed E-state index contributed by atoms with van der Waals surface area (Å²) in [5.41, 5.74) is 4.37.